The van der Waals surface area contributed by atoms with Crippen molar-refractivity contribution >= 4 is 54.8 Å². The van der Waals surface area contributed by atoms with E-state index in [0.29, 0.717) is 11.4 Å². The third-order valence-electron chi connectivity index (χ3n) is 7.04. The summed E-state index contributed by atoms with van der Waals surface area (Å²) in [5.41, 5.74) is 0.924. The summed E-state index contributed by atoms with van der Waals surface area (Å²) in [4.78, 5) is 31.5. The Kier molecular flexibility index (Phi) is 7.64. The van der Waals surface area contributed by atoms with Gasteiger partial charge in [-0.3, -0.25) is 14.6 Å². The predicted molar refractivity (Wildman–Crippen MR) is 133 cm³/mol. The van der Waals surface area contributed by atoms with Crippen molar-refractivity contribution in [2.24, 2.45) is 17.8 Å². The molecule has 1 aromatic carbocycles. The first-order valence-corrected chi connectivity index (χ1v) is 14.0. The minimum atomic E-state index is -3.81. The lowest BCUT2D eigenvalue weighted by molar-refractivity contribution is -0.149. The molecule has 2 aromatic rings. The number of rotatable bonds is 6. The van der Waals surface area contributed by atoms with Crippen LogP contribution in [-0.2, 0) is 19.4 Å². The highest BCUT2D eigenvalue weighted by Crippen LogP contribution is 2.39. The molecule has 34 heavy (non-hydrogen) atoms. The molecule has 0 amide bonds. The summed E-state index contributed by atoms with van der Waals surface area (Å²) >= 11 is 9.54. The van der Waals surface area contributed by atoms with Crippen LogP contribution in [0.1, 0.15) is 32.1 Å². The minimum absolute atomic E-state index is 0.0460. The zero-order chi connectivity index (χ0) is 24.5. The molecule has 2 fully saturated rings. The van der Waals surface area contributed by atoms with Gasteiger partial charge in [0.15, 0.2) is 9.84 Å². The van der Waals surface area contributed by atoms with Crippen molar-refractivity contribution in [1.82, 2.24) is 4.98 Å². The second-order valence-electron chi connectivity index (χ2n) is 9.07. The van der Waals surface area contributed by atoms with E-state index in [1.54, 1.807) is 24.5 Å². The van der Waals surface area contributed by atoms with Gasteiger partial charge in [0, 0.05) is 42.3 Å². The first kappa shape index (κ1) is 25.1. The van der Waals surface area contributed by atoms with Crippen molar-refractivity contribution in [1.29, 1.82) is 0 Å². The van der Waals surface area contributed by atoms with Crippen LogP contribution in [0.3, 0.4) is 0 Å². The van der Waals surface area contributed by atoms with Crippen LogP contribution in [0, 0.1) is 17.8 Å². The lowest BCUT2D eigenvalue weighted by Crippen LogP contribution is -2.44. The molecule has 1 aromatic heterocycles. The van der Waals surface area contributed by atoms with E-state index in [0.717, 1.165) is 36.1 Å². The van der Waals surface area contributed by atoms with Crippen molar-refractivity contribution in [2.75, 3.05) is 18.0 Å². The minimum Gasteiger partial charge on any atom is -0.481 e. The monoisotopic (exact) mass is 568 g/mol. The second kappa shape index (κ2) is 10.3. The first-order chi connectivity index (χ1) is 16.2. The highest BCUT2D eigenvalue weighted by Gasteiger charge is 2.46. The van der Waals surface area contributed by atoms with Gasteiger partial charge in [0.05, 0.1) is 26.8 Å². The fourth-order valence-electron chi connectivity index (χ4n) is 5.15. The number of benzene rings is 1. The van der Waals surface area contributed by atoms with Crippen molar-refractivity contribution < 1.29 is 23.1 Å². The Hall–Kier alpha value is -1.97. The van der Waals surface area contributed by atoms with Crippen LogP contribution in [0.5, 0.6) is 0 Å². The van der Waals surface area contributed by atoms with E-state index < -0.39 is 32.9 Å². The zero-order valence-corrected chi connectivity index (χ0v) is 21.6. The molecule has 2 aliphatic rings. The normalized spacial score (nSPS) is 24.2. The van der Waals surface area contributed by atoms with E-state index in [2.05, 4.69) is 25.8 Å². The van der Waals surface area contributed by atoms with E-state index in [-0.39, 0.29) is 29.4 Å². The quantitative estimate of drug-likeness (QED) is 0.541. The van der Waals surface area contributed by atoms with Crippen LogP contribution in [0.15, 0.2) is 52.1 Å². The molecule has 1 saturated heterocycles. The molecule has 0 bridgehead atoms. The number of halogens is 2. The molecule has 1 aliphatic carbocycles. The van der Waals surface area contributed by atoms with Crippen LogP contribution in [0.2, 0.25) is 5.02 Å². The SMILES string of the molecule is O=C(O)C1CC(S(=O)(=O)c2ccc(Br)cc2)CC(=O)C1CC1CCN(c2ccncc2Cl)CC1. The summed E-state index contributed by atoms with van der Waals surface area (Å²) in [5.74, 6) is -2.81. The van der Waals surface area contributed by atoms with E-state index in [4.69, 9.17) is 11.6 Å². The number of carboxylic acids is 1. The van der Waals surface area contributed by atoms with Gasteiger partial charge in [-0.15, -0.1) is 0 Å². The van der Waals surface area contributed by atoms with Gasteiger partial charge in [0.2, 0.25) is 0 Å². The molecule has 4 rings (SSSR count). The van der Waals surface area contributed by atoms with Gasteiger partial charge in [0.1, 0.15) is 5.78 Å². The Morgan fingerprint density at radius 1 is 1.18 bits per heavy atom. The molecular formula is C24H26BrClN2O5S. The number of carbonyl (C=O) groups is 2. The van der Waals surface area contributed by atoms with Crippen LogP contribution >= 0.6 is 27.5 Å². The number of pyridine rings is 1. The highest BCUT2D eigenvalue weighted by molar-refractivity contribution is 9.10. The van der Waals surface area contributed by atoms with Crippen molar-refractivity contribution in [3.8, 4) is 0 Å². The fraction of sp³-hybridized carbons (Fsp3) is 0.458. The van der Waals surface area contributed by atoms with Crippen molar-refractivity contribution in [3.63, 3.8) is 0 Å². The average Bonchev–Trinajstić information content (AvgIpc) is 2.81. The summed E-state index contributed by atoms with van der Waals surface area (Å²) in [5, 5.41) is 9.46. The first-order valence-electron chi connectivity index (χ1n) is 11.3. The Balaban J connectivity index is 1.43. The molecule has 3 atom stereocenters. The van der Waals surface area contributed by atoms with Gasteiger partial charge in [-0.05, 0) is 61.9 Å². The Labute approximate surface area is 212 Å². The molecule has 3 unspecified atom stereocenters. The summed E-state index contributed by atoms with van der Waals surface area (Å²) in [6.45, 7) is 1.52. The number of hydrogen-bond donors (Lipinski definition) is 1. The van der Waals surface area contributed by atoms with Crippen molar-refractivity contribution in [2.45, 2.75) is 42.2 Å². The molecule has 0 spiro atoms. The van der Waals surface area contributed by atoms with Gasteiger partial charge >= 0.3 is 5.97 Å². The number of aliphatic carboxylic acids is 1. The summed E-state index contributed by atoms with van der Waals surface area (Å²) < 4.78 is 27.0. The summed E-state index contributed by atoms with van der Waals surface area (Å²) in [6, 6.07) is 8.09. The number of sulfone groups is 1. The molecule has 1 saturated carbocycles. The topological polar surface area (TPSA) is 105 Å². The Morgan fingerprint density at radius 3 is 2.47 bits per heavy atom. The maximum absolute atomic E-state index is 13.1. The molecule has 0 radical (unpaired) electrons. The van der Waals surface area contributed by atoms with Gasteiger partial charge in [0.25, 0.3) is 0 Å². The van der Waals surface area contributed by atoms with Crippen LogP contribution in [0.25, 0.3) is 0 Å². The lowest BCUT2D eigenvalue weighted by Gasteiger charge is -2.38. The standard InChI is InChI=1S/C24H26BrClN2O5S/c25-16-1-3-17(4-2-16)34(32,33)18-12-20(24(30)31)19(23(29)13-18)11-15-6-9-28(10-7-15)22-5-8-27-14-21(22)26/h1-5,8,14-15,18-20H,6-7,9-13H2,(H,30,31). The molecule has 10 heteroatoms. The number of Topliss-reactive ketones (excluding diaryl/α,β-unsaturated/α-hetero) is 1. The number of carbonyl (C=O) groups excluding carboxylic acids is 1. The second-order valence-corrected chi connectivity index (χ2v) is 12.6. The molecule has 182 valence electrons. The predicted octanol–water partition coefficient (Wildman–Crippen LogP) is 4.63. The molecular weight excluding hydrogens is 544 g/mol. The summed E-state index contributed by atoms with van der Waals surface area (Å²) in [7, 11) is -3.81. The number of anilines is 1. The fourth-order valence-corrected chi connectivity index (χ4v) is 7.39. The molecule has 1 aliphatic heterocycles. The largest absolute Gasteiger partial charge is 0.481 e. The number of nitrogens with zero attached hydrogens (tertiary/aromatic N) is 2. The molecule has 2 heterocycles. The third kappa shape index (κ3) is 5.31. The zero-order valence-electron chi connectivity index (χ0n) is 18.4. The van der Waals surface area contributed by atoms with Gasteiger partial charge in [-0.1, -0.05) is 27.5 Å². The maximum Gasteiger partial charge on any atom is 0.307 e. The average molecular weight is 570 g/mol. The van der Waals surface area contributed by atoms with Gasteiger partial charge in [-0.2, -0.15) is 0 Å². The van der Waals surface area contributed by atoms with Crippen LogP contribution < -0.4 is 4.90 Å². The van der Waals surface area contributed by atoms with Crippen LogP contribution in [-0.4, -0.2) is 48.6 Å². The number of piperidine rings is 1. The number of hydrogen-bond acceptors (Lipinski definition) is 6. The Bertz CT molecular complexity index is 1170. The maximum atomic E-state index is 13.1. The van der Waals surface area contributed by atoms with Gasteiger partial charge in [-0.25, -0.2) is 8.42 Å². The Morgan fingerprint density at radius 2 is 1.85 bits per heavy atom. The van der Waals surface area contributed by atoms with E-state index >= 15 is 0 Å². The highest BCUT2D eigenvalue weighted by atomic mass is 79.9. The van der Waals surface area contributed by atoms with E-state index in [1.807, 2.05) is 6.07 Å². The number of carboxylic acid groups (broad SMARTS) is 1. The van der Waals surface area contributed by atoms with Gasteiger partial charge < -0.3 is 10.0 Å². The van der Waals surface area contributed by atoms with Crippen molar-refractivity contribution in [3.05, 3.63) is 52.2 Å². The smallest absolute Gasteiger partial charge is 0.307 e. The van der Waals surface area contributed by atoms with Crippen LogP contribution in [0.4, 0.5) is 5.69 Å². The lowest BCUT2D eigenvalue weighted by atomic mass is 9.72. The summed E-state index contributed by atoms with van der Waals surface area (Å²) in [6.07, 6.45) is 5.22. The molecule has 7 nitrogen and oxygen atoms in total. The molecule has 1 N–H and O–H groups in total. The third-order valence-corrected chi connectivity index (χ3v) is 10.0. The van der Waals surface area contributed by atoms with E-state index in [1.165, 1.54) is 12.1 Å². The van der Waals surface area contributed by atoms with E-state index in [9.17, 15) is 23.1 Å². The number of ketones is 1. The number of aromatic nitrogens is 1.